The Morgan fingerprint density at radius 2 is 1.60 bits per heavy atom. The third kappa shape index (κ3) is 1.53. The Kier molecular flexibility index (Phi) is 2.17. The molecule has 2 bridgehead atoms. The summed E-state index contributed by atoms with van der Waals surface area (Å²) >= 11 is 0. The zero-order valence-electron chi connectivity index (χ0n) is 8.97. The highest BCUT2D eigenvalue weighted by molar-refractivity contribution is 5.50. The molecule has 2 unspecified atom stereocenters. The maximum absolute atomic E-state index is 6.07. The second-order valence-corrected chi connectivity index (χ2v) is 4.86. The standard InChI is InChI=1S/C13H18N2/c14-10-8-12-6-7-13(9-10)15(12)11-4-2-1-3-5-11/h1-5,10,12-13H,6-9,14H2. The molecule has 2 heteroatoms. The Morgan fingerprint density at radius 3 is 2.20 bits per heavy atom. The first-order chi connectivity index (χ1) is 7.34. The van der Waals surface area contributed by atoms with E-state index >= 15 is 0 Å². The molecule has 3 rings (SSSR count). The van der Waals surface area contributed by atoms with Crippen molar-refractivity contribution in [3.63, 3.8) is 0 Å². The largest absolute Gasteiger partial charge is 0.365 e. The zero-order chi connectivity index (χ0) is 10.3. The number of piperidine rings is 1. The summed E-state index contributed by atoms with van der Waals surface area (Å²) in [5, 5.41) is 0. The average Bonchev–Trinajstić information content (AvgIpc) is 2.53. The van der Waals surface area contributed by atoms with Crippen molar-refractivity contribution in [2.45, 2.75) is 43.8 Å². The first kappa shape index (κ1) is 9.22. The van der Waals surface area contributed by atoms with Gasteiger partial charge < -0.3 is 10.6 Å². The van der Waals surface area contributed by atoms with Crippen LogP contribution in [0.25, 0.3) is 0 Å². The van der Waals surface area contributed by atoms with E-state index in [-0.39, 0.29) is 0 Å². The number of benzene rings is 1. The predicted octanol–water partition coefficient (Wildman–Crippen LogP) is 2.15. The molecule has 2 nitrogen and oxygen atoms in total. The van der Waals surface area contributed by atoms with Crippen LogP contribution in [0.15, 0.2) is 30.3 Å². The summed E-state index contributed by atoms with van der Waals surface area (Å²) in [6.45, 7) is 0. The van der Waals surface area contributed by atoms with Crippen LogP contribution in [0.4, 0.5) is 5.69 Å². The van der Waals surface area contributed by atoms with Gasteiger partial charge in [0.15, 0.2) is 0 Å². The number of nitrogens with two attached hydrogens (primary N) is 1. The molecular formula is C13H18N2. The lowest BCUT2D eigenvalue weighted by Crippen LogP contribution is -2.47. The van der Waals surface area contributed by atoms with Crippen LogP contribution in [-0.4, -0.2) is 18.1 Å². The van der Waals surface area contributed by atoms with Crippen LogP contribution in [0.5, 0.6) is 0 Å². The summed E-state index contributed by atoms with van der Waals surface area (Å²) in [6.07, 6.45) is 5.00. The molecule has 2 aliphatic heterocycles. The van der Waals surface area contributed by atoms with Gasteiger partial charge in [-0.1, -0.05) is 18.2 Å². The van der Waals surface area contributed by atoms with Crippen LogP contribution in [0.2, 0.25) is 0 Å². The van der Waals surface area contributed by atoms with Crippen LogP contribution in [0.1, 0.15) is 25.7 Å². The third-order valence-corrected chi connectivity index (χ3v) is 3.82. The lowest BCUT2D eigenvalue weighted by molar-refractivity contribution is 0.414. The second-order valence-electron chi connectivity index (χ2n) is 4.86. The van der Waals surface area contributed by atoms with E-state index in [1.54, 1.807) is 0 Å². The molecule has 0 saturated carbocycles. The molecule has 0 radical (unpaired) electrons. The molecule has 2 atom stereocenters. The van der Waals surface area contributed by atoms with E-state index < -0.39 is 0 Å². The van der Waals surface area contributed by atoms with Gasteiger partial charge in [0.2, 0.25) is 0 Å². The van der Waals surface area contributed by atoms with Crippen molar-refractivity contribution in [3.8, 4) is 0 Å². The Morgan fingerprint density at radius 1 is 1.00 bits per heavy atom. The lowest BCUT2D eigenvalue weighted by atomic mass is 9.97. The van der Waals surface area contributed by atoms with Gasteiger partial charge in [0.1, 0.15) is 0 Å². The van der Waals surface area contributed by atoms with Crippen LogP contribution in [0.3, 0.4) is 0 Å². The molecule has 0 amide bonds. The van der Waals surface area contributed by atoms with E-state index in [9.17, 15) is 0 Å². The fraction of sp³-hybridized carbons (Fsp3) is 0.538. The van der Waals surface area contributed by atoms with Gasteiger partial charge >= 0.3 is 0 Å². The fourth-order valence-corrected chi connectivity index (χ4v) is 3.24. The number of rotatable bonds is 1. The Bertz CT molecular complexity index is 322. The quantitative estimate of drug-likeness (QED) is 0.756. The summed E-state index contributed by atoms with van der Waals surface area (Å²) in [5.74, 6) is 0. The van der Waals surface area contributed by atoms with Crippen molar-refractivity contribution in [3.05, 3.63) is 30.3 Å². The molecule has 2 aliphatic rings. The second kappa shape index (κ2) is 3.53. The first-order valence-electron chi connectivity index (χ1n) is 5.93. The Labute approximate surface area is 91.1 Å². The van der Waals surface area contributed by atoms with E-state index in [1.807, 2.05) is 0 Å². The minimum absolute atomic E-state index is 0.433. The number of hydrogen-bond donors (Lipinski definition) is 1. The maximum Gasteiger partial charge on any atom is 0.0371 e. The minimum Gasteiger partial charge on any atom is -0.365 e. The normalized spacial score (nSPS) is 34.5. The minimum atomic E-state index is 0.433. The van der Waals surface area contributed by atoms with Crippen molar-refractivity contribution >= 4 is 5.69 Å². The van der Waals surface area contributed by atoms with Gasteiger partial charge in [0.05, 0.1) is 0 Å². The number of para-hydroxylation sites is 1. The number of fused-ring (bicyclic) bond motifs is 2. The highest BCUT2D eigenvalue weighted by Gasteiger charge is 2.39. The Balaban J connectivity index is 1.89. The van der Waals surface area contributed by atoms with E-state index in [0.717, 1.165) is 0 Å². The van der Waals surface area contributed by atoms with Crippen molar-refractivity contribution < 1.29 is 0 Å². The maximum atomic E-state index is 6.07. The van der Waals surface area contributed by atoms with Crippen LogP contribution < -0.4 is 10.6 Å². The highest BCUT2D eigenvalue weighted by atomic mass is 15.2. The molecule has 15 heavy (non-hydrogen) atoms. The van der Waals surface area contributed by atoms with Crippen LogP contribution in [-0.2, 0) is 0 Å². The van der Waals surface area contributed by atoms with Crippen molar-refractivity contribution in [1.82, 2.24) is 0 Å². The smallest absolute Gasteiger partial charge is 0.0371 e. The number of hydrogen-bond acceptors (Lipinski definition) is 2. The van der Waals surface area contributed by atoms with Gasteiger partial charge in [-0.05, 0) is 37.8 Å². The molecule has 2 N–H and O–H groups in total. The van der Waals surface area contributed by atoms with Crippen LogP contribution in [0, 0.1) is 0 Å². The van der Waals surface area contributed by atoms with E-state index in [4.69, 9.17) is 5.73 Å². The lowest BCUT2D eigenvalue weighted by Gasteiger charge is -2.39. The average molecular weight is 202 g/mol. The third-order valence-electron chi connectivity index (χ3n) is 3.82. The predicted molar refractivity (Wildman–Crippen MR) is 62.9 cm³/mol. The summed E-state index contributed by atoms with van der Waals surface area (Å²) in [6, 6.07) is 12.6. The molecule has 0 aromatic heterocycles. The SMILES string of the molecule is NC1CC2CCC(C1)N2c1ccccc1. The Hall–Kier alpha value is -1.02. The van der Waals surface area contributed by atoms with Crippen molar-refractivity contribution in [2.75, 3.05) is 4.90 Å². The number of nitrogens with zero attached hydrogens (tertiary/aromatic N) is 1. The summed E-state index contributed by atoms with van der Waals surface area (Å²) in [7, 11) is 0. The highest BCUT2D eigenvalue weighted by Crippen LogP contribution is 2.38. The van der Waals surface area contributed by atoms with Crippen molar-refractivity contribution in [2.24, 2.45) is 5.73 Å². The van der Waals surface area contributed by atoms with Gasteiger partial charge in [-0.2, -0.15) is 0 Å². The molecular weight excluding hydrogens is 184 g/mol. The van der Waals surface area contributed by atoms with E-state index in [1.165, 1.54) is 31.4 Å². The van der Waals surface area contributed by atoms with Gasteiger partial charge in [-0.3, -0.25) is 0 Å². The van der Waals surface area contributed by atoms with Gasteiger partial charge in [0, 0.05) is 23.8 Å². The van der Waals surface area contributed by atoms with E-state index in [2.05, 4.69) is 35.2 Å². The topological polar surface area (TPSA) is 29.3 Å². The molecule has 80 valence electrons. The monoisotopic (exact) mass is 202 g/mol. The molecule has 2 heterocycles. The summed E-state index contributed by atoms with van der Waals surface area (Å²) < 4.78 is 0. The molecule has 1 aromatic rings. The molecule has 0 aliphatic carbocycles. The van der Waals surface area contributed by atoms with Crippen LogP contribution >= 0.6 is 0 Å². The summed E-state index contributed by atoms with van der Waals surface area (Å²) in [4.78, 5) is 2.60. The first-order valence-corrected chi connectivity index (χ1v) is 5.93. The van der Waals surface area contributed by atoms with Gasteiger partial charge in [0.25, 0.3) is 0 Å². The fourth-order valence-electron chi connectivity index (χ4n) is 3.24. The molecule has 2 fully saturated rings. The molecule has 0 spiro atoms. The zero-order valence-corrected chi connectivity index (χ0v) is 8.97. The number of anilines is 1. The summed E-state index contributed by atoms with van der Waals surface area (Å²) in [5.41, 5.74) is 7.46. The van der Waals surface area contributed by atoms with Gasteiger partial charge in [-0.25, -0.2) is 0 Å². The van der Waals surface area contributed by atoms with E-state index in [0.29, 0.717) is 18.1 Å². The van der Waals surface area contributed by atoms with Crippen molar-refractivity contribution in [1.29, 1.82) is 0 Å². The van der Waals surface area contributed by atoms with Gasteiger partial charge in [-0.15, -0.1) is 0 Å². The molecule has 2 saturated heterocycles. The molecule has 1 aromatic carbocycles.